The zero-order valence-electron chi connectivity index (χ0n) is 11.5. The fourth-order valence-corrected chi connectivity index (χ4v) is 1.99. The molecule has 0 fully saturated rings. The lowest BCUT2D eigenvalue weighted by Crippen LogP contribution is -2.16. The second-order valence-corrected chi connectivity index (χ2v) is 5.01. The maximum absolute atomic E-state index is 13.4. The van der Waals surface area contributed by atoms with Crippen molar-refractivity contribution < 1.29 is 8.81 Å². The molecular weight excluding hydrogens is 279 g/mol. The van der Waals surface area contributed by atoms with E-state index in [2.05, 4.69) is 17.2 Å². The van der Waals surface area contributed by atoms with Crippen LogP contribution >= 0.6 is 11.6 Å². The van der Waals surface area contributed by atoms with Crippen LogP contribution in [0.4, 0.5) is 4.39 Å². The Morgan fingerprint density at radius 1 is 1.35 bits per heavy atom. The van der Waals surface area contributed by atoms with Gasteiger partial charge in [0, 0.05) is 12.0 Å². The molecule has 5 heteroatoms. The van der Waals surface area contributed by atoms with Crippen molar-refractivity contribution in [3.63, 3.8) is 0 Å². The fourth-order valence-electron chi connectivity index (χ4n) is 1.88. The maximum atomic E-state index is 13.4. The second kappa shape index (κ2) is 7.41. The predicted octanol–water partition coefficient (Wildman–Crippen LogP) is 4.07. The molecule has 1 N–H and O–H groups in total. The van der Waals surface area contributed by atoms with Gasteiger partial charge in [-0.25, -0.2) is 9.37 Å². The first-order valence-electron chi connectivity index (χ1n) is 6.81. The van der Waals surface area contributed by atoms with Crippen LogP contribution in [0, 0.1) is 5.82 Å². The number of aromatic nitrogens is 1. The van der Waals surface area contributed by atoms with Gasteiger partial charge < -0.3 is 9.73 Å². The lowest BCUT2D eigenvalue weighted by atomic mass is 10.2. The monoisotopic (exact) mass is 296 g/mol. The second-order valence-electron chi connectivity index (χ2n) is 4.60. The van der Waals surface area contributed by atoms with Crippen molar-refractivity contribution in [1.82, 2.24) is 10.3 Å². The van der Waals surface area contributed by atoms with Gasteiger partial charge in [0.1, 0.15) is 5.82 Å². The molecule has 0 saturated carbocycles. The molecule has 2 aromatic rings. The molecule has 20 heavy (non-hydrogen) atoms. The molecule has 1 aromatic carbocycles. The zero-order chi connectivity index (χ0) is 14.4. The highest BCUT2D eigenvalue weighted by Crippen LogP contribution is 2.25. The third-order valence-corrected chi connectivity index (χ3v) is 3.24. The lowest BCUT2D eigenvalue weighted by Gasteiger charge is -2.00. The maximum Gasteiger partial charge on any atom is 0.194 e. The Hall–Kier alpha value is -1.39. The van der Waals surface area contributed by atoms with Crippen LogP contribution in [0.2, 0.25) is 5.02 Å². The van der Waals surface area contributed by atoms with Gasteiger partial charge in [0.2, 0.25) is 0 Å². The summed E-state index contributed by atoms with van der Waals surface area (Å²) in [6.07, 6.45) is 4.49. The van der Waals surface area contributed by atoms with Gasteiger partial charge in [-0.05, 0) is 44.1 Å². The average molecular weight is 297 g/mol. The Morgan fingerprint density at radius 2 is 2.20 bits per heavy atom. The van der Waals surface area contributed by atoms with Crippen molar-refractivity contribution in [3.05, 3.63) is 41.1 Å². The number of oxazole rings is 1. The van der Waals surface area contributed by atoms with E-state index in [0.29, 0.717) is 17.2 Å². The lowest BCUT2D eigenvalue weighted by molar-refractivity contribution is 0.491. The quantitative estimate of drug-likeness (QED) is 0.783. The van der Waals surface area contributed by atoms with E-state index in [0.717, 1.165) is 32.4 Å². The molecule has 3 nitrogen and oxygen atoms in total. The molecule has 0 aliphatic carbocycles. The molecule has 0 radical (unpaired) electrons. The highest BCUT2D eigenvalue weighted by molar-refractivity contribution is 6.30. The average Bonchev–Trinajstić information content (AvgIpc) is 2.90. The van der Waals surface area contributed by atoms with E-state index in [-0.39, 0.29) is 5.02 Å². The summed E-state index contributed by atoms with van der Waals surface area (Å²) < 4.78 is 19.0. The SMILES string of the molecule is CCCNCCCc1ncc(-c2ccc(Cl)c(F)c2)o1. The van der Waals surface area contributed by atoms with Crippen LogP contribution in [0.15, 0.2) is 28.8 Å². The number of nitrogens with one attached hydrogen (secondary N) is 1. The first-order chi connectivity index (χ1) is 9.70. The summed E-state index contributed by atoms with van der Waals surface area (Å²) in [5.74, 6) is 0.789. The topological polar surface area (TPSA) is 38.1 Å². The van der Waals surface area contributed by atoms with Crippen molar-refractivity contribution >= 4 is 11.6 Å². The largest absolute Gasteiger partial charge is 0.441 e. The molecule has 1 aromatic heterocycles. The number of halogens is 2. The number of hydrogen-bond acceptors (Lipinski definition) is 3. The van der Waals surface area contributed by atoms with Gasteiger partial charge in [-0.15, -0.1) is 0 Å². The standard InChI is InChI=1S/C15H18ClFN2O/c1-2-7-18-8-3-4-15-19-10-14(20-15)11-5-6-12(16)13(17)9-11/h5-6,9-10,18H,2-4,7-8H2,1H3. The predicted molar refractivity (Wildman–Crippen MR) is 78.4 cm³/mol. The van der Waals surface area contributed by atoms with Gasteiger partial charge in [-0.1, -0.05) is 18.5 Å². The number of nitrogens with zero attached hydrogens (tertiary/aromatic N) is 1. The van der Waals surface area contributed by atoms with Crippen LogP contribution < -0.4 is 5.32 Å². The van der Waals surface area contributed by atoms with Crippen LogP contribution in [-0.2, 0) is 6.42 Å². The van der Waals surface area contributed by atoms with E-state index in [1.54, 1.807) is 12.3 Å². The molecule has 0 atom stereocenters. The molecule has 0 spiro atoms. The first kappa shape index (κ1) is 15.0. The van der Waals surface area contributed by atoms with Crippen LogP contribution in [0.3, 0.4) is 0 Å². The Bertz CT molecular complexity index is 557. The van der Waals surface area contributed by atoms with Gasteiger partial charge in [0.15, 0.2) is 11.7 Å². The summed E-state index contributed by atoms with van der Waals surface area (Å²) in [7, 11) is 0. The first-order valence-corrected chi connectivity index (χ1v) is 7.19. The Balaban J connectivity index is 1.93. The smallest absolute Gasteiger partial charge is 0.194 e. The number of rotatable bonds is 7. The third-order valence-electron chi connectivity index (χ3n) is 2.93. The van der Waals surface area contributed by atoms with Crippen molar-refractivity contribution in [1.29, 1.82) is 0 Å². The minimum absolute atomic E-state index is 0.107. The van der Waals surface area contributed by atoms with Gasteiger partial charge in [-0.3, -0.25) is 0 Å². The van der Waals surface area contributed by atoms with Crippen LogP contribution in [0.1, 0.15) is 25.7 Å². The Kier molecular flexibility index (Phi) is 5.56. The summed E-state index contributed by atoms with van der Waals surface area (Å²) >= 11 is 5.66. The fraction of sp³-hybridized carbons (Fsp3) is 0.400. The third kappa shape index (κ3) is 4.05. The summed E-state index contributed by atoms with van der Waals surface area (Å²) in [4.78, 5) is 4.21. The summed E-state index contributed by atoms with van der Waals surface area (Å²) in [6, 6.07) is 4.59. The molecule has 0 aliphatic rings. The van der Waals surface area contributed by atoms with E-state index >= 15 is 0 Å². The van der Waals surface area contributed by atoms with Gasteiger partial charge in [-0.2, -0.15) is 0 Å². The number of benzene rings is 1. The normalized spacial score (nSPS) is 10.9. The van der Waals surface area contributed by atoms with Crippen molar-refractivity contribution in [2.75, 3.05) is 13.1 Å². The molecule has 2 rings (SSSR count). The van der Waals surface area contributed by atoms with Gasteiger partial charge in [0.05, 0.1) is 11.2 Å². The van der Waals surface area contributed by atoms with Gasteiger partial charge >= 0.3 is 0 Å². The molecular formula is C15H18ClFN2O. The van der Waals surface area contributed by atoms with Crippen LogP contribution in [-0.4, -0.2) is 18.1 Å². The molecule has 0 aliphatic heterocycles. The number of aryl methyl sites for hydroxylation is 1. The van der Waals surface area contributed by atoms with E-state index in [4.69, 9.17) is 16.0 Å². The summed E-state index contributed by atoms with van der Waals surface area (Å²) in [5.41, 5.74) is 0.648. The Labute approximate surface area is 123 Å². The molecule has 1 heterocycles. The Morgan fingerprint density at radius 3 is 2.95 bits per heavy atom. The molecule has 0 saturated heterocycles. The summed E-state index contributed by atoms with van der Waals surface area (Å²) in [6.45, 7) is 4.11. The number of hydrogen-bond donors (Lipinski definition) is 1. The van der Waals surface area contributed by atoms with E-state index in [9.17, 15) is 4.39 Å². The van der Waals surface area contributed by atoms with Crippen molar-refractivity contribution in [3.8, 4) is 11.3 Å². The summed E-state index contributed by atoms with van der Waals surface area (Å²) in [5, 5.41) is 3.43. The minimum Gasteiger partial charge on any atom is -0.441 e. The highest BCUT2D eigenvalue weighted by Gasteiger charge is 2.08. The van der Waals surface area contributed by atoms with E-state index in [1.807, 2.05) is 0 Å². The minimum atomic E-state index is -0.453. The molecule has 108 valence electrons. The zero-order valence-corrected chi connectivity index (χ0v) is 12.2. The van der Waals surface area contributed by atoms with E-state index < -0.39 is 5.82 Å². The van der Waals surface area contributed by atoms with E-state index in [1.165, 1.54) is 12.1 Å². The molecule has 0 amide bonds. The van der Waals surface area contributed by atoms with Crippen molar-refractivity contribution in [2.24, 2.45) is 0 Å². The molecule has 0 bridgehead atoms. The highest BCUT2D eigenvalue weighted by atomic mass is 35.5. The van der Waals surface area contributed by atoms with Crippen LogP contribution in [0.25, 0.3) is 11.3 Å². The van der Waals surface area contributed by atoms with Crippen molar-refractivity contribution in [2.45, 2.75) is 26.2 Å². The molecule has 0 unspecified atom stereocenters. The van der Waals surface area contributed by atoms with Crippen LogP contribution in [0.5, 0.6) is 0 Å². The van der Waals surface area contributed by atoms with Gasteiger partial charge in [0.25, 0.3) is 0 Å².